The molecule has 2 aliphatic heterocycles. The number of rotatable bonds is 28. The summed E-state index contributed by atoms with van der Waals surface area (Å²) in [5.41, 5.74) is 1.10. The Hall–Kier alpha value is -8.01. The molecule has 6 aromatic rings. The second-order valence-electron chi connectivity index (χ2n) is 23.3. The number of nitrogens with zero attached hydrogens (tertiary/aromatic N) is 4. The lowest BCUT2D eigenvalue weighted by atomic mass is 9.79. The van der Waals surface area contributed by atoms with E-state index in [1.165, 1.54) is 24.3 Å². The molecule has 30 nitrogen and oxygen atoms in total. The van der Waals surface area contributed by atoms with Gasteiger partial charge in [0.25, 0.3) is 84.3 Å². The number of carbonyl (C=O) groups excluding carboxylic acids is 4. The average Bonchev–Trinajstić information content (AvgIpc) is 1.60. The molecule has 0 radical (unpaired) electrons. The van der Waals surface area contributed by atoms with Gasteiger partial charge in [0.1, 0.15) is 29.3 Å². The smallest absolute Gasteiger partial charge is 0.269 e. The number of anilines is 1. The summed E-state index contributed by atoms with van der Waals surface area (Å²) < 4.78 is 201. The van der Waals surface area contributed by atoms with E-state index in [-0.39, 0.29) is 37.1 Å². The van der Waals surface area contributed by atoms with Crippen LogP contribution in [0.2, 0.25) is 0 Å². The lowest BCUT2D eigenvalue weighted by Gasteiger charge is -2.27. The monoisotopic (exact) mass is 1430 g/mol. The summed E-state index contributed by atoms with van der Waals surface area (Å²) in [6.45, 7) is 5.23. The van der Waals surface area contributed by atoms with E-state index in [4.69, 9.17) is 0 Å². The summed E-state index contributed by atoms with van der Waals surface area (Å²) in [6, 6.07) is 22.8. The molecule has 4 amide bonds. The highest BCUT2D eigenvalue weighted by molar-refractivity contribution is 7.87. The second kappa shape index (κ2) is 28.0. The molecule has 510 valence electrons. The molecule has 0 spiro atoms. The first-order valence-corrected chi connectivity index (χ1v) is 38.5. The predicted octanol–water partition coefficient (Wildman–Crippen LogP) is 3.76. The second-order valence-corrected chi connectivity index (χ2v) is 32.7. The minimum Gasteiger partial charge on any atom is -0.350 e. The van der Waals surface area contributed by atoms with E-state index in [0.717, 1.165) is 0 Å². The van der Waals surface area contributed by atoms with Crippen molar-refractivity contribution in [1.29, 1.82) is 0 Å². The van der Waals surface area contributed by atoms with Gasteiger partial charge in [-0.1, -0.05) is 62.4 Å². The van der Waals surface area contributed by atoms with Crippen molar-refractivity contribution in [1.82, 2.24) is 31.2 Å². The van der Waals surface area contributed by atoms with E-state index < -0.39 is 179 Å². The van der Waals surface area contributed by atoms with Gasteiger partial charge in [-0.3, -0.25) is 46.5 Å². The van der Waals surface area contributed by atoms with Gasteiger partial charge in [0.05, 0.1) is 51.0 Å². The minimum atomic E-state index is -4.54. The van der Waals surface area contributed by atoms with Crippen molar-refractivity contribution < 1.29 is 102 Å². The zero-order chi connectivity index (χ0) is 70.0. The lowest BCUT2D eigenvalue weighted by molar-refractivity contribution is -0.435. The van der Waals surface area contributed by atoms with Gasteiger partial charge in [0, 0.05) is 67.3 Å². The van der Waals surface area contributed by atoms with Gasteiger partial charge < -0.3 is 26.2 Å². The summed E-state index contributed by atoms with van der Waals surface area (Å²) >= 11 is 0. The first-order valence-electron chi connectivity index (χ1n) is 28.8. The van der Waals surface area contributed by atoms with E-state index in [2.05, 4.69) is 31.2 Å². The molecule has 36 heteroatoms. The standard InChI is InChI=1S/C59H66N8O22S6/c1-58(2)44-34-42(36-30-46(54(68)60-18-26-92(78,79)80)64-47(31-36)55(69)61-19-27-93(81,82)83)38-12-5-7-14-40(38)52(44)66(22-10-24-90(72,73)74)50(58)16-9-17-51-59(3,4)45-35-43(39-13-6-8-15-41(39)53(45)67(51)23-11-25-91(75,76)77)37-32-48(56(70)62-20-28-94(84,85)86)65-49(33-37)57(71)63-21-29-95(87,88)89/h5-9,12-17,30-35H,10-11,18-29H2,1-4H3,(H9-,60,61,62,63,68,69,70,71,72,73,74,75,76,77,78,79,80,81,82,83,84,85,86,87,88,89)/p+1. The van der Waals surface area contributed by atoms with Crippen LogP contribution in [0.4, 0.5) is 11.4 Å². The van der Waals surface area contributed by atoms with Crippen LogP contribution in [0, 0.1) is 0 Å². The summed E-state index contributed by atoms with van der Waals surface area (Å²) in [6.07, 6.45) is 5.10. The zero-order valence-corrected chi connectivity index (χ0v) is 56.1. The molecule has 0 aliphatic carbocycles. The number of carbonyl (C=O) groups is 4. The van der Waals surface area contributed by atoms with Gasteiger partial charge in [-0.2, -0.15) is 55.1 Å². The van der Waals surface area contributed by atoms with E-state index in [1.54, 1.807) is 78.9 Å². The third-order valence-corrected chi connectivity index (χ3v) is 20.1. The van der Waals surface area contributed by atoms with Crippen molar-refractivity contribution in [3.8, 4) is 22.3 Å². The van der Waals surface area contributed by atoms with Crippen LogP contribution < -0.4 is 26.2 Å². The van der Waals surface area contributed by atoms with Crippen molar-refractivity contribution in [3.05, 3.63) is 143 Å². The van der Waals surface area contributed by atoms with Crippen LogP contribution in [0.1, 0.15) is 93.6 Å². The molecule has 0 unspecified atom stereocenters. The lowest BCUT2D eigenvalue weighted by Crippen LogP contribution is -2.32. The van der Waals surface area contributed by atoms with Crippen LogP contribution in [0.3, 0.4) is 0 Å². The van der Waals surface area contributed by atoms with Crippen molar-refractivity contribution in [2.45, 2.75) is 51.4 Å². The Bertz CT molecular complexity index is 4820. The van der Waals surface area contributed by atoms with Gasteiger partial charge in [-0.05, 0) is 107 Å². The van der Waals surface area contributed by atoms with E-state index in [9.17, 15) is 97.0 Å². The zero-order valence-electron chi connectivity index (χ0n) is 51.2. The van der Waals surface area contributed by atoms with E-state index in [1.807, 2.05) is 37.2 Å². The normalized spacial score (nSPS) is 15.3. The van der Waals surface area contributed by atoms with Crippen LogP contribution in [0.5, 0.6) is 0 Å². The molecule has 4 heterocycles. The van der Waals surface area contributed by atoms with E-state index >= 15 is 0 Å². The van der Waals surface area contributed by atoms with E-state index in [0.29, 0.717) is 66.6 Å². The predicted molar refractivity (Wildman–Crippen MR) is 352 cm³/mol. The fraction of sp³-hybridized carbons (Fsp3) is 0.339. The molecule has 0 saturated carbocycles. The van der Waals surface area contributed by atoms with Crippen LogP contribution in [-0.4, -0.2) is 195 Å². The van der Waals surface area contributed by atoms with Crippen molar-refractivity contribution >= 4 is 123 Å². The van der Waals surface area contributed by atoms with Gasteiger partial charge in [-0.25, -0.2) is 9.97 Å². The molecule has 95 heavy (non-hydrogen) atoms. The van der Waals surface area contributed by atoms with Gasteiger partial charge in [-0.15, -0.1) is 0 Å². The number of allylic oxidation sites excluding steroid dienone is 4. The molecule has 8 rings (SSSR count). The number of nitrogens with one attached hydrogen (secondary N) is 4. The fourth-order valence-corrected chi connectivity index (χ4v) is 13.8. The van der Waals surface area contributed by atoms with Crippen LogP contribution in [0.25, 0.3) is 43.8 Å². The highest BCUT2D eigenvalue weighted by atomic mass is 32.2. The maximum absolute atomic E-state index is 13.7. The molecule has 4 aromatic carbocycles. The van der Waals surface area contributed by atoms with Crippen LogP contribution in [-0.2, 0) is 71.5 Å². The third-order valence-electron chi connectivity index (χ3n) is 15.6. The van der Waals surface area contributed by atoms with Crippen molar-refractivity contribution in [2.24, 2.45) is 0 Å². The maximum Gasteiger partial charge on any atom is 0.269 e. The Kier molecular flexibility index (Phi) is 21.4. The SMILES string of the molecule is CC1(C)C(/C=C/C=C2/N(CCCS(=O)(=O)O)c3c(cc(-c4cc(C(=O)NCCS(=O)(=O)O)nc(C(=O)NCCS(=O)(=O)O)c4)c4ccccc34)C2(C)C)=[N+](CCCS(=O)(=O)O)c2c1cc(-c1cc(C(=O)NCCS(=O)(=O)O)nc(C(=O)NCCS(=O)(=O)O)c1)c1ccccc21. The number of aromatic nitrogens is 2. The Balaban J connectivity index is 1.29. The molecule has 2 aliphatic rings. The molecular weight excluding hydrogens is 1370 g/mol. The summed E-state index contributed by atoms with van der Waals surface area (Å²) in [7, 11) is -27.1. The molecule has 2 aromatic heterocycles. The van der Waals surface area contributed by atoms with Crippen LogP contribution >= 0.6 is 0 Å². The Morgan fingerprint density at radius 1 is 0.474 bits per heavy atom. The third kappa shape index (κ3) is 18.3. The first kappa shape index (κ1) is 72.8. The molecule has 0 atom stereocenters. The highest BCUT2D eigenvalue weighted by Crippen LogP contribution is 2.54. The molecule has 0 bridgehead atoms. The van der Waals surface area contributed by atoms with Crippen LogP contribution in [0.15, 0.2) is 109 Å². The number of pyridine rings is 2. The quantitative estimate of drug-likeness (QED) is 0.0247. The van der Waals surface area contributed by atoms with Crippen molar-refractivity contribution in [3.63, 3.8) is 0 Å². The molecule has 0 saturated heterocycles. The molecule has 0 fully saturated rings. The highest BCUT2D eigenvalue weighted by Gasteiger charge is 2.47. The fourth-order valence-electron chi connectivity index (χ4n) is 11.4. The number of hydrogen-bond donors (Lipinski definition) is 10. The Labute approximate surface area is 547 Å². The van der Waals surface area contributed by atoms with Crippen molar-refractivity contribution in [2.75, 3.05) is 78.7 Å². The maximum atomic E-state index is 13.7. The Morgan fingerprint density at radius 2 is 0.832 bits per heavy atom. The van der Waals surface area contributed by atoms with Gasteiger partial charge >= 0.3 is 0 Å². The first-order chi connectivity index (χ1) is 44.0. The number of benzene rings is 4. The minimum absolute atomic E-state index is 0.00281. The largest absolute Gasteiger partial charge is 0.350 e. The number of amides is 4. The Morgan fingerprint density at radius 3 is 1.23 bits per heavy atom. The summed E-state index contributed by atoms with van der Waals surface area (Å²) in [5.74, 6) is -8.64. The summed E-state index contributed by atoms with van der Waals surface area (Å²) in [5, 5.41) is 11.5. The molecule has 10 N–H and O–H groups in total. The summed E-state index contributed by atoms with van der Waals surface area (Å²) in [4.78, 5) is 65.0. The van der Waals surface area contributed by atoms with Gasteiger partial charge in [0.15, 0.2) is 5.71 Å². The number of fused-ring (bicyclic) bond motifs is 6. The number of hydrogen-bond acceptors (Lipinski definition) is 19. The van der Waals surface area contributed by atoms with Gasteiger partial charge in [0.2, 0.25) is 5.69 Å². The molecular formula is C59H67N8O22S6+. The topological polar surface area (TPSA) is 475 Å². The average molecular weight is 1430 g/mol.